The van der Waals surface area contributed by atoms with E-state index >= 15 is 0 Å². The zero-order chi connectivity index (χ0) is 40.1. The molecule has 1 aromatic heterocycles. The van der Waals surface area contributed by atoms with Gasteiger partial charge in [0.15, 0.2) is 5.82 Å². The zero-order valence-corrected chi connectivity index (χ0v) is 34.0. The Morgan fingerprint density at radius 1 is 0.947 bits per heavy atom. The average molecular weight is 815 g/mol. The van der Waals surface area contributed by atoms with E-state index in [0.29, 0.717) is 76.1 Å². The topological polar surface area (TPSA) is 167 Å². The summed E-state index contributed by atoms with van der Waals surface area (Å²) in [6, 6.07) is 18.7. The lowest BCUT2D eigenvalue weighted by molar-refractivity contribution is -0.136. The van der Waals surface area contributed by atoms with Crippen LogP contribution in [0.25, 0.3) is 0 Å². The lowest BCUT2D eigenvalue weighted by atomic mass is 10.0. The summed E-state index contributed by atoms with van der Waals surface area (Å²) in [4.78, 5) is 50.0. The van der Waals surface area contributed by atoms with E-state index in [-0.39, 0.29) is 18.2 Å². The number of para-hydroxylation sites is 1. The normalized spacial score (nSPS) is 17.3. The van der Waals surface area contributed by atoms with E-state index < -0.39 is 19.1 Å². The molecule has 2 saturated heterocycles. The van der Waals surface area contributed by atoms with E-state index in [1.807, 2.05) is 42.5 Å². The molecule has 2 fully saturated rings. The number of aromatic nitrogens is 2. The number of imide groups is 1. The van der Waals surface area contributed by atoms with Crippen molar-refractivity contribution in [3.8, 4) is 11.5 Å². The zero-order valence-electron chi connectivity index (χ0n) is 32.3. The number of fused-ring (bicyclic) bond motifs is 1. The second-order valence-corrected chi connectivity index (χ2v) is 18.4. The van der Waals surface area contributed by atoms with Crippen LogP contribution in [0.5, 0.6) is 11.5 Å². The first kappa shape index (κ1) is 40.0. The van der Waals surface area contributed by atoms with E-state index in [1.165, 1.54) is 6.20 Å². The second-order valence-electron chi connectivity index (χ2n) is 14.8. The molecule has 3 amide bonds. The Labute approximate surface area is 337 Å². The van der Waals surface area contributed by atoms with Crippen LogP contribution in [0.4, 0.5) is 28.8 Å². The van der Waals surface area contributed by atoms with E-state index in [1.54, 1.807) is 37.5 Å². The Morgan fingerprint density at radius 3 is 2.53 bits per heavy atom. The van der Waals surface area contributed by atoms with Crippen LogP contribution in [0.2, 0.25) is 5.02 Å². The first-order chi connectivity index (χ1) is 27.5. The molecule has 14 nitrogen and oxygen atoms in total. The number of hydrogen-bond acceptors (Lipinski definition) is 12. The fourth-order valence-corrected chi connectivity index (χ4v) is 8.84. The number of halogens is 1. The first-order valence-corrected chi connectivity index (χ1v) is 22.2. The number of methoxy groups -OCH3 is 1. The quantitative estimate of drug-likeness (QED) is 0.0624. The van der Waals surface area contributed by atoms with Crippen LogP contribution in [0.1, 0.15) is 54.4 Å². The van der Waals surface area contributed by atoms with Gasteiger partial charge < -0.3 is 39.8 Å². The van der Waals surface area contributed by atoms with Gasteiger partial charge in [-0.2, -0.15) is 4.98 Å². The molecule has 0 bridgehead atoms. The third-order valence-corrected chi connectivity index (χ3v) is 12.4. The van der Waals surface area contributed by atoms with Crippen molar-refractivity contribution < 1.29 is 28.4 Å². The van der Waals surface area contributed by atoms with Crippen molar-refractivity contribution in [1.29, 1.82) is 0 Å². The number of ether oxygens (including phenoxy) is 2. The van der Waals surface area contributed by atoms with Gasteiger partial charge in [-0.25, -0.2) is 4.98 Å². The summed E-state index contributed by atoms with van der Waals surface area (Å²) in [6.45, 7) is 6.96. The molecule has 0 saturated carbocycles. The largest absolute Gasteiger partial charge is 0.494 e. The Balaban J connectivity index is 0.855. The molecule has 16 heteroatoms. The van der Waals surface area contributed by atoms with Crippen LogP contribution >= 0.6 is 18.7 Å². The highest BCUT2D eigenvalue weighted by atomic mass is 35.5. The standard InChI is InChI=1S/C41H48ClN8O6P/c1-55-35-23-27(13-14-31(35)46-41-44-24-30(42)38(48-41)45-32-10-4-5-12-36(32)57(2,3)54)49-20-17-26(18-21-49)43-19-6-7-22-56-34-11-8-9-28-29(34)25-50(40(28)53)33-15-16-37(51)47-39(33)52/h4-5,8-14,23-24,26,33,43H,6-7,15-22,25H2,1-3H3,(H,47,51,52)(H2,44,45,46,48). The van der Waals surface area contributed by atoms with Gasteiger partial charge in [0.25, 0.3) is 5.91 Å². The van der Waals surface area contributed by atoms with Crippen molar-refractivity contribution in [3.05, 3.63) is 83.0 Å². The molecule has 4 heterocycles. The number of benzene rings is 3. The van der Waals surface area contributed by atoms with E-state index in [9.17, 15) is 18.9 Å². The van der Waals surface area contributed by atoms with Gasteiger partial charge in [0.05, 0.1) is 37.8 Å². The Bertz CT molecular complexity index is 2190. The van der Waals surface area contributed by atoms with E-state index in [4.69, 9.17) is 21.1 Å². The predicted octanol–water partition coefficient (Wildman–Crippen LogP) is 6.05. The van der Waals surface area contributed by atoms with Gasteiger partial charge in [0.1, 0.15) is 29.7 Å². The molecule has 300 valence electrons. The third-order valence-electron chi connectivity index (χ3n) is 10.6. The molecule has 57 heavy (non-hydrogen) atoms. The summed E-state index contributed by atoms with van der Waals surface area (Å²) in [6.07, 6.45) is 5.90. The van der Waals surface area contributed by atoms with Crippen LogP contribution in [0, 0.1) is 0 Å². The molecule has 1 unspecified atom stereocenters. The number of piperidine rings is 2. The molecule has 3 aliphatic rings. The highest BCUT2D eigenvalue weighted by molar-refractivity contribution is 7.70. The summed E-state index contributed by atoms with van der Waals surface area (Å²) >= 11 is 6.46. The van der Waals surface area contributed by atoms with Crippen molar-refractivity contribution in [2.24, 2.45) is 0 Å². The smallest absolute Gasteiger partial charge is 0.255 e. The van der Waals surface area contributed by atoms with Gasteiger partial charge >= 0.3 is 0 Å². The minimum atomic E-state index is -2.55. The molecular weight excluding hydrogens is 767 g/mol. The molecule has 3 aromatic carbocycles. The number of nitrogens with one attached hydrogen (secondary N) is 4. The lowest BCUT2D eigenvalue weighted by Crippen LogP contribution is -2.52. The van der Waals surface area contributed by atoms with Gasteiger partial charge in [-0.3, -0.25) is 19.7 Å². The van der Waals surface area contributed by atoms with Gasteiger partial charge in [0.2, 0.25) is 17.8 Å². The van der Waals surface area contributed by atoms with Gasteiger partial charge in [-0.15, -0.1) is 0 Å². The summed E-state index contributed by atoms with van der Waals surface area (Å²) in [5.41, 5.74) is 3.81. The number of carbonyl (C=O) groups excluding carboxylic acids is 3. The summed E-state index contributed by atoms with van der Waals surface area (Å²) in [5, 5.41) is 13.6. The molecule has 0 radical (unpaired) electrons. The number of nitrogens with zero attached hydrogens (tertiary/aromatic N) is 4. The van der Waals surface area contributed by atoms with Crippen LogP contribution in [-0.4, -0.2) is 91.4 Å². The number of hydrogen-bond donors (Lipinski definition) is 4. The van der Waals surface area contributed by atoms with Crippen LogP contribution in [-0.2, 0) is 20.7 Å². The van der Waals surface area contributed by atoms with Crippen molar-refractivity contribution in [2.45, 2.75) is 57.2 Å². The maximum absolute atomic E-state index is 13.1. The number of unbranched alkanes of at least 4 members (excludes halogenated alkanes) is 1. The molecule has 0 aliphatic carbocycles. The van der Waals surface area contributed by atoms with Gasteiger partial charge in [0, 0.05) is 53.7 Å². The minimum absolute atomic E-state index is 0.202. The SMILES string of the molecule is COc1cc(N2CCC(NCCCCOc3cccc4c3CN(C3CCC(=O)NC3=O)C4=O)CC2)ccc1Nc1ncc(Cl)c(Nc2ccccc2P(C)(C)=O)n1. The fraction of sp³-hybridized carbons (Fsp3) is 0.390. The van der Waals surface area contributed by atoms with E-state index in [0.717, 1.165) is 56.6 Å². The molecule has 7 rings (SSSR count). The summed E-state index contributed by atoms with van der Waals surface area (Å²) in [5.74, 6) is 1.13. The van der Waals surface area contributed by atoms with Gasteiger partial charge in [-0.05, 0) is 88.4 Å². The molecule has 4 N–H and O–H groups in total. The van der Waals surface area contributed by atoms with Crippen LogP contribution in [0.3, 0.4) is 0 Å². The maximum Gasteiger partial charge on any atom is 0.255 e. The van der Waals surface area contributed by atoms with Crippen molar-refractivity contribution in [1.82, 2.24) is 25.5 Å². The molecule has 1 atom stereocenters. The second kappa shape index (κ2) is 17.5. The Hall–Kier alpha value is -5.17. The highest BCUT2D eigenvalue weighted by Gasteiger charge is 2.40. The van der Waals surface area contributed by atoms with E-state index in [2.05, 4.69) is 42.2 Å². The summed E-state index contributed by atoms with van der Waals surface area (Å²) < 4.78 is 24.8. The summed E-state index contributed by atoms with van der Waals surface area (Å²) in [7, 11) is -0.912. The molecule has 3 aliphatic heterocycles. The Morgan fingerprint density at radius 2 is 1.75 bits per heavy atom. The molecular formula is C41H48ClN8O6P. The molecule has 0 spiro atoms. The fourth-order valence-electron chi connectivity index (χ4n) is 7.54. The molecule has 4 aromatic rings. The van der Waals surface area contributed by atoms with Crippen LogP contribution in [0.15, 0.2) is 66.9 Å². The third kappa shape index (κ3) is 9.35. The number of carbonyl (C=O) groups is 3. The number of rotatable bonds is 15. The van der Waals surface area contributed by atoms with Crippen LogP contribution < -0.4 is 40.9 Å². The first-order valence-electron chi connectivity index (χ1n) is 19.3. The number of anilines is 5. The van der Waals surface area contributed by atoms with Crippen molar-refractivity contribution >= 4 is 70.6 Å². The predicted molar refractivity (Wildman–Crippen MR) is 223 cm³/mol. The Kier molecular flexibility index (Phi) is 12.3. The minimum Gasteiger partial charge on any atom is -0.494 e. The lowest BCUT2D eigenvalue weighted by Gasteiger charge is -2.34. The number of amides is 3. The average Bonchev–Trinajstić information content (AvgIpc) is 3.53. The highest BCUT2D eigenvalue weighted by Crippen LogP contribution is 2.39. The maximum atomic E-state index is 13.1. The van der Waals surface area contributed by atoms with Gasteiger partial charge in [-0.1, -0.05) is 29.8 Å². The van der Waals surface area contributed by atoms with Crippen molar-refractivity contribution in [2.75, 3.05) is 62.2 Å². The van der Waals surface area contributed by atoms with Crippen molar-refractivity contribution in [3.63, 3.8) is 0 Å². The monoisotopic (exact) mass is 814 g/mol.